The highest BCUT2D eigenvalue weighted by Crippen LogP contribution is 2.25. The molecule has 2 N–H and O–H groups in total. The first-order valence-electron chi connectivity index (χ1n) is 9.28. The van der Waals surface area contributed by atoms with Crippen molar-refractivity contribution >= 4 is 34.2 Å². The molecule has 1 aliphatic rings. The summed E-state index contributed by atoms with van der Waals surface area (Å²) in [5, 5.41) is 14.2. The number of non-ortho nitro benzene ring substituents is 1. The Hall–Kier alpha value is -3.95. The second-order valence-corrected chi connectivity index (χ2v) is 6.91. The van der Waals surface area contributed by atoms with Crippen molar-refractivity contribution in [2.75, 3.05) is 31.5 Å². The fourth-order valence-electron chi connectivity index (χ4n) is 3.42. The molecule has 9 nitrogen and oxygen atoms in total. The highest BCUT2D eigenvalue weighted by atomic mass is 19.1. The first kappa shape index (κ1) is 19.4. The lowest BCUT2D eigenvalue weighted by molar-refractivity contribution is -0.384. The topological polar surface area (TPSA) is 112 Å². The first-order valence-corrected chi connectivity index (χ1v) is 9.28. The summed E-state index contributed by atoms with van der Waals surface area (Å²) in [6.07, 6.45) is 1.55. The molecule has 0 unspecified atom stereocenters. The van der Waals surface area contributed by atoms with E-state index in [0.717, 1.165) is 0 Å². The van der Waals surface area contributed by atoms with Crippen LogP contribution in [0.15, 0.2) is 48.7 Å². The highest BCUT2D eigenvalue weighted by Gasteiger charge is 2.26. The molecule has 0 radical (unpaired) electrons. The van der Waals surface area contributed by atoms with Crippen molar-refractivity contribution in [2.45, 2.75) is 0 Å². The van der Waals surface area contributed by atoms with Gasteiger partial charge in [-0.3, -0.25) is 14.9 Å². The van der Waals surface area contributed by atoms with Crippen LogP contribution in [0.1, 0.15) is 10.4 Å². The molecular formula is C20H18FN5O4. The van der Waals surface area contributed by atoms with E-state index in [9.17, 15) is 24.1 Å². The third-order valence-corrected chi connectivity index (χ3v) is 5.06. The van der Waals surface area contributed by atoms with E-state index < -0.39 is 4.92 Å². The van der Waals surface area contributed by atoms with Crippen LogP contribution >= 0.6 is 0 Å². The van der Waals surface area contributed by atoms with Crippen LogP contribution in [-0.2, 0) is 0 Å². The molecule has 1 fully saturated rings. The van der Waals surface area contributed by atoms with Crippen molar-refractivity contribution in [3.8, 4) is 0 Å². The Bertz CT molecular complexity index is 1120. The standard InChI is InChI=1S/C20H18FN5O4/c21-13-1-3-14(4-2-13)23-20(28)25-9-7-24(8-10-25)19(27)17-12-22-18-6-5-15(26(29)30)11-16(17)18/h1-6,11-12,22H,7-10H2,(H,23,28). The first-order chi connectivity index (χ1) is 14.4. The Morgan fingerprint density at radius 1 is 1.03 bits per heavy atom. The summed E-state index contributed by atoms with van der Waals surface area (Å²) in [5.74, 6) is -0.636. The lowest BCUT2D eigenvalue weighted by atomic mass is 10.1. The van der Waals surface area contributed by atoms with Gasteiger partial charge in [0.15, 0.2) is 0 Å². The fourth-order valence-corrected chi connectivity index (χ4v) is 3.42. The average molecular weight is 411 g/mol. The number of hydrogen-bond donors (Lipinski definition) is 2. The van der Waals surface area contributed by atoms with Crippen molar-refractivity contribution < 1.29 is 18.9 Å². The summed E-state index contributed by atoms with van der Waals surface area (Å²) >= 11 is 0. The summed E-state index contributed by atoms with van der Waals surface area (Å²) in [4.78, 5) is 42.0. The molecule has 1 saturated heterocycles. The molecule has 2 heterocycles. The number of carbonyl (C=O) groups is 2. The summed E-state index contributed by atoms with van der Waals surface area (Å²) < 4.78 is 13.0. The number of fused-ring (bicyclic) bond motifs is 1. The van der Waals surface area contributed by atoms with Crippen LogP contribution in [0, 0.1) is 15.9 Å². The summed E-state index contributed by atoms with van der Waals surface area (Å²) in [6, 6.07) is 9.48. The Kier molecular flexibility index (Phi) is 5.05. The van der Waals surface area contributed by atoms with Crippen molar-refractivity contribution in [2.24, 2.45) is 0 Å². The molecule has 154 valence electrons. The number of aromatic amines is 1. The number of hydrogen-bond acceptors (Lipinski definition) is 4. The Balaban J connectivity index is 1.41. The van der Waals surface area contributed by atoms with Gasteiger partial charge < -0.3 is 20.1 Å². The van der Waals surface area contributed by atoms with Gasteiger partial charge in [-0.05, 0) is 30.3 Å². The number of nitrogens with zero attached hydrogens (tertiary/aromatic N) is 3. The minimum Gasteiger partial charge on any atom is -0.360 e. The molecule has 0 saturated carbocycles. The van der Waals surface area contributed by atoms with Gasteiger partial charge in [0.05, 0.1) is 10.5 Å². The molecule has 3 amide bonds. The minimum absolute atomic E-state index is 0.0848. The van der Waals surface area contributed by atoms with Gasteiger partial charge in [-0.2, -0.15) is 0 Å². The molecule has 0 spiro atoms. The van der Waals surface area contributed by atoms with E-state index in [-0.39, 0.29) is 23.4 Å². The molecule has 0 bridgehead atoms. The van der Waals surface area contributed by atoms with E-state index in [0.29, 0.717) is 48.3 Å². The predicted molar refractivity (Wildman–Crippen MR) is 108 cm³/mol. The number of benzene rings is 2. The lowest BCUT2D eigenvalue weighted by Crippen LogP contribution is -2.51. The van der Waals surface area contributed by atoms with Gasteiger partial charge in [-0.15, -0.1) is 0 Å². The van der Waals surface area contributed by atoms with E-state index in [1.54, 1.807) is 22.1 Å². The Morgan fingerprint density at radius 2 is 1.70 bits per heavy atom. The molecule has 10 heteroatoms. The zero-order valence-electron chi connectivity index (χ0n) is 15.8. The number of anilines is 1. The van der Waals surface area contributed by atoms with Gasteiger partial charge >= 0.3 is 6.03 Å². The fraction of sp³-hybridized carbons (Fsp3) is 0.200. The van der Waals surface area contributed by atoms with Crippen LogP contribution in [0.4, 0.5) is 20.6 Å². The molecule has 0 atom stereocenters. The molecule has 3 aromatic rings. The van der Waals surface area contributed by atoms with E-state index in [2.05, 4.69) is 10.3 Å². The number of piperazine rings is 1. The number of nitrogens with one attached hydrogen (secondary N) is 2. The summed E-state index contributed by atoms with van der Waals surface area (Å²) in [5.41, 5.74) is 1.40. The van der Waals surface area contributed by atoms with Crippen LogP contribution < -0.4 is 5.32 Å². The smallest absolute Gasteiger partial charge is 0.321 e. The van der Waals surface area contributed by atoms with Crippen molar-refractivity contribution in [3.63, 3.8) is 0 Å². The number of amides is 3. The molecular weight excluding hydrogens is 393 g/mol. The zero-order chi connectivity index (χ0) is 21.3. The van der Waals surface area contributed by atoms with Gasteiger partial charge in [-0.25, -0.2) is 9.18 Å². The maximum atomic E-state index is 13.0. The summed E-state index contributed by atoms with van der Waals surface area (Å²) in [6.45, 7) is 1.33. The second-order valence-electron chi connectivity index (χ2n) is 6.91. The molecule has 1 aliphatic heterocycles. The van der Waals surface area contributed by atoms with E-state index in [4.69, 9.17) is 0 Å². The molecule has 2 aromatic carbocycles. The average Bonchev–Trinajstić information content (AvgIpc) is 3.18. The zero-order valence-corrected chi connectivity index (χ0v) is 15.8. The van der Waals surface area contributed by atoms with Gasteiger partial charge in [0.25, 0.3) is 11.6 Å². The SMILES string of the molecule is O=C(Nc1ccc(F)cc1)N1CCN(C(=O)c2c[nH]c3ccc([N+](=O)[O-])cc23)CC1. The monoisotopic (exact) mass is 411 g/mol. The number of nitro groups is 1. The molecule has 0 aliphatic carbocycles. The number of halogens is 1. The molecule has 30 heavy (non-hydrogen) atoms. The molecule has 1 aromatic heterocycles. The van der Waals surface area contributed by atoms with Gasteiger partial charge in [-0.1, -0.05) is 0 Å². The van der Waals surface area contributed by atoms with E-state index in [1.165, 1.54) is 36.4 Å². The van der Waals surface area contributed by atoms with E-state index in [1.807, 2.05) is 0 Å². The highest BCUT2D eigenvalue weighted by molar-refractivity contribution is 6.07. The normalized spacial score (nSPS) is 14.0. The van der Waals surface area contributed by atoms with Crippen molar-refractivity contribution in [3.05, 3.63) is 70.2 Å². The van der Waals surface area contributed by atoms with Crippen molar-refractivity contribution in [1.82, 2.24) is 14.8 Å². The Labute approximate surface area is 170 Å². The number of urea groups is 1. The maximum absolute atomic E-state index is 13.0. The van der Waals surface area contributed by atoms with Gasteiger partial charge in [0.2, 0.25) is 0 Å². The largest absolute Gasteiger partial charge is 0.360 e. The van der Waals surface area contributed by atoms with Crippen LogP contribution in [-0.4, -0.2) is 57.8 Å². The number of aromatic nitrogens is 1. The number of H-pyrrole nitrogens is 1. The lowest BCUT2D eigenvalue weighted by Gasteiger charge is -2.34. The summed E-state index contributed by atoms with van der Waals surface area (Å²) in [7, 11) is 0. The number of nitro benzene ring substituents is 1. The van der Waals surface area contributed by atoms with Crippen molar-refractivity contribution in [1.29, 1.82) is 0 Å². The van der Waals surface area contributed by atoms with E-state index >= 15 is 0 Å². The predicted octanol–water partition coefficient (Wildman–Crippen LogP) is 3.21. The van der Waals surface area contributed by atoms with Crippen LogP contribution in [0.5, 0.6) is 0 Å². The quantitative estimate of drug-likeness (QED) is 0.509. The van der Waals surface area contributed by atoms with Gasteiger partial charge in [0, 0.05) is 61.1 Å². The van der Waals surface area contributed by atoms with Crippen LogP contribution in [0.2, 0.25) is 0 Å². The molecule has 4 rings (SSSR count). The second kappa shape index (κ2) is 7.82. The maximum Gasteiger partial charge on any atom is 0.321 e. The third kappa shape index (κ3) is 3.79. The van der Waals surface area contributed by atoms with Gasteiger partial charge in [0.1, 0.15) is 5.82 Å². The number of rotatable bonds is 3. The number of carbonyl (C=O) groups excluding carboxylic acids is 2. The van der Waals surface area contributed by atoms with Crippen LogP contribution in [0.25, 0.3) is 10.9 Å². The minimum atomic E-state index is -0.501. The van der Waals surface area contributed by atoms with Crippen LogP contribution in [0.3, 0.4) is 0 Å². The third-order valence-electron chi connectivity index (χ3n) is 5.06. The Morgan fingerprint density at radius 3 is 2.37 bits per heavy atom.